The smallest absolute Gasteiger partial charge is 0.335 e. The molecule has 2 aliphatic heterocycles. The molecule has 136 valence electrons. The number of urea groups is 1. The molecule has 9 nitrogen and oxygen atoms in total. The summed E-state index contributed by atoms with van der Waals surface area (Å²) in [6.07, 6.45) is 0.919. The zero-order chi connectivity index (χ0) is 18.7. The maximum Gasteiger partial charge on any atom is 0.335 e. The molecule has 0 aromatic heterocycles. The van der Waals surface area contributed by atoms with Gasteiger partial charge in [0, 0.05) is 6.54 Å². The summed E-state index contributed by atoms with van der Waals surface area (Å²) in [5, 5.41) is 2.57. The largest absolute Gasteiger partial charge is 0.486 e. The van der Waals surface area contributed by atoms with Crippen LogP contribution >= 0.6 is 0 Å². The van der Waals surface area contributed by atoms with Gasteiger partial charge in [-0.1, -0.05) is 18.2 Å². The minimum Gasteiger partial charge on any atom is -0.486 e. The molecule has 1 aromatic rings. The predicted molar refractivity (Wildman–Crippen MR) is 88.4 cm³/mol. The highest BCUT2D eigenvalue weighted by Gasteiger charge is 2.44. The first-order chi connectivity index (χ1) is 12.5. The Morgan fingerprint density at radius 1 is 1.19 bits per heavy atom. The molecule has 0 aliphatic carbocycles. The fourth-order valence-corrected chi connectivity index (χ4v) is 2.57. The summed E-state index contributed by atoms with van der Waals surface area (Å²) in [7, 11) is 0. The highest BCUT2D eigenvalue weighted by atomic mass is 16.6. The number of amides is 5. The third kappa shape index (κ3) is 3.37. The van der Waals surface area contributed by atoms with Gasteiger partial charge in [-0.25, -0.2) is 9.69 Å². The molecule has 0 saturated carbocycles. The number of para-hydroxylation sites is 2. The Bertz CT molecular complexity index is 778. The van der Waals surface area contributed by atoms with Crippen LogP contribution in [0, 0.1) is 0 Å². The topological polar surface area (TPSA) is 105 Å². The molecule has 2 heterocycles. The Morgan fingerprint density at radius 2 is 1.88 bits per heavy atom. The summed E-state index contributed by atoms with van der Waals surface area (Å²) >= 11 is 0. The van der Waals surface area contributed by atoms with E-state index in [1.807, 2.05) is 6.07 Å². The van der Waals surface area contributed by atoms with Crippen molar-refractivity contribution in [2.24, 2.45) is 0 Å². The standard InChI is InChI=1S/C17H17N3O6/c1-2-7-19-15(22)16(23)20(17(19)24)9-14(21)18-8-11-10-25-12-5-3-4-6-13(12)26-11/h2-6,11H,1,7-10H2,(H,18,21)/t11-/m1/s1. The van der Waals surface area contributed by atoms with Crippen LogP contribution < -0.4 is 14.8 Å². The Kier molecular flexibility index (Phi) is 4.87. The Labute approximate surface area is 149 Å². The molecule has 9 heteroatoms. The van der Waals surface area contributed by atoms with E-state index in [1.165, 1.54) is 6.08 Å². The fourth-order valence-electron chi connectivity index (χ4n) is 2.57. The summed E-state index contributed by atoms with van der Waals surface area (Å²) in [5.74, 6) is -1.37. The lowest BCUT2D eigenvalue weighted by Crippen LogP contribution is -2.45. The molecule has 0 spiro atoms. The van der Waals surface area contributed by atoms with Crippen LogP contribution in [-0.2, 0) is 14.4 Å². The maximum atomic E-state index is 12.0. The predicted octanol–water partition coefficient (Wildman–Crippen LogP) is -0.0806. The lowest BCUT2D eigenvalue weighted by molar-refractivity contribution is -0.143. The number of ether oxygens (including phenoxy) is 2. The first-order valence-electron chi connectivity index (χ1n) is 7.94. The van der Waals surface area contributed by atoms with Crippen molar-refractivity contribution in [3.63, 3.8) is 0 Å². The van der Waals surface area contributed by atoms with E-state index in [0.717, 1.165) is 4.90 Å². The zero-order valence-electron chi connectivity index (χ0n) is 13.8. The normalized spacial score (nSPS) is 18.9. The van der Waals surface area contributed by atoms with E-state index < -0.39 is 36.4 Å². The van der Waals surface area contributed by atoms with Gasteiger partial charge in [-0.3, -0.25) is 19.3 Å². The van der Waals surface area contributed by atoms with Crippen LogP contribution in [0.25, 0.3) is 0 Å². The summed E-state index contributed by atoms with van der Waals surface area (Å²) in [5.41, 5.74) is 0. The van der Waals surface area contributed by atoms with Crippen LogP contribution in [-0.4, -0.2) is 65.9 Å². The van der Waals surface area contributed by atoms with Crippen LogP contribution in [0.2, 0.25) is 0 Å². The van der Waals surface area contributed by atoms with Gasteiger partial charge >= 0.3 is 17.8 Å². The highest BCUT2D eigenvalue weighted by molar-refractivity contribution is 6.45. The van der Waals surface area contributed by atoms with Gasteiger partial charge in [0.05, 0.1) is 6.54 Å². The lowest BCUT2D eigenvalue weighted by atomic mass is 10.2. The van der Waals surface area contributed by atoms with Crippen LogP contribution in [0.5, 0.6) is 11.5 Å². The van der Waals surface area contributed by atoms with E-state index >= 15 is 0 Å². The maximum absolute atomic E-state index is 12.0. The van der Waals surface area contributed by atoms with E-state index in [1.54, 1.807) is 18.2 Å². The van der Waals surface area contributed by atoms with E-state index in [4.69, 9.17) is 9.47 Å². The summed E-state index contributed by atoms with van der Waals surface area (Å²) < 4.78 is 11.2. The van der Waals surface area contributed by atoms with E-state index in [9.17, 15) is 19.2 Å². The molecule has 0 bridgehead atoms. The second kappa shape index (κ2) is 7.26. The van der Waals surface area contributed by atoms with Crippen molar-refractivity contribution >= 4 is 23.8 Å². The molecule has 2 aliphatic rings. The summed E-state index contributed by atoms with van der Waals surface area (Å²) in [6.45, 7) is 3.18. The van der Waals surface area contributed by atoms with Gasteiger partial charge in [0.15, 0.2) is 11.5 Å². The van der Waals surface area contributed by atoms with E-state index in [0.29, 0.717) is 16.4 Å². The molecule has 1 atom stereocenters. The van der Waals surface area contributed by atoms with Gasteiger partial charge in [0.2, 0.25) is 5.91 Å². The number of hydrogen-bond donors (Lipinski definition) is 1. The molecule has 1 aromatic carbocycles. The van der Waals surface area contributed by atoms with Crippen LogP contribution in [0.4, 0.5) is 4.79 Å². The number of rotatable bonds is 6. The molecule has 0 radical (unpaired) electrons. The fraction of sp³-hybridized carbons (Fsp3) is 0.294. The summed E-state index contributed by atoms with van der Waals surface area (Å²) in [4.78, 5) is 49.0. The molecule has 0 unspecified atom stereocenters. The molecule has 1 N–H and O–H groups in total. The lowest BCUT2D eigenvalue weighted by Gasteiger charge is -2.26. The van der Waals surface area contributed by atoms with Gasteiger partial charge in [0.1, 0.15) is 19.3 Å². The van der Waals surface area contributed by atoms with Gasteiger partial charge < -0.3 is 14.8 Å². The van der Waals surface area contributed by atoms with Gasteiger partial charge in [-0.15, -0.1) is 6.58 Å². The Morgan fingerprint density at radius 3 is 2.62 bits per heavy atom. The van der Waals surface area contributed by atoms with Gasteiger partial charge in [0.25, 0.3) is 0 Å². The number of benzene rings is 1. The quantitative estimate of drug-likeness (QED) is 0.433. The van der Waals surface area contributed by atoms with Crippen LogP contribution in [0.3, 0.4) is 0 Å². The van der Waals surface area contributed by atoms with E-state index in [2.05, 4.69) is 11.9 Å². The molecule has 26 heavy (non-hydrogen) atoms. The minimum absolute atomic E-state index is 0.0891. The molecule has 1 saturated heterocycles. The highest BCUT2D eigenvalue weighted by Crippen LogP contribution is 2.30. The van der Waals surface area contributed by atoms with Gasteiger partial charge in [-0.2, -0.15) is 0 Å². The van der Waals surface area contributed by atoms with Crippen LogP contribution in [0.1, 0.15) is 0 Å². The monoisotopic (exact) mass is 359 g/mol. The molecular formula is C17H17N3O6. The van der Waals surface area contributed by atoms with Crippen molar-refractivity contribution in [2.45, 2.75) is 6.10 Å². The summed E-state index contributed by atoms with van der Waals surface area (Å²) in [6, 6.07) is 6.33. The second-order valence-electron chi connectivity index (χ2n) is 5.68. The second-order valence-corrected chi connectivity index (χ2v) is 5.68. The van der Waals surface area contributed by atoms with Gasteiger partial charge in [-0.05, 0) is 12.1 Å². The first-order valence-corrected chi connectivity index (χ1v) is 7.94. The zero-order valence-corrected chi connectivity index (χ0v) is 13.8. The molecular weight excluding hydrogens is 342 g/mol. The first kappa shape index (κ1) is 17.5. The number of imide groups is 2. The molecule has 3 rings (SSSR count). The average molecular weight is 359 g/mol. The van der Waals surface area contributed by atoms with Crippen molar-refractivity contribution in [3.05, 3.63) is 36.9 Å². The Balaban J connectivity index is 1.52. The number of fused-ring (bicyclic) bond motifs is 1. The van der Waals surface area contributed by atoms with Crippen molar-refractivity contribution < 1.29 is 28.7 Å². The van der Waals surface area contributed by atoms with Crippen molar-refractivity contribution in [1.82, 2.24) is 15.1 Å². The van der Waals surface area contributed by atoms with Crippen LogP contribution in [0.15, 0.2) is 36.9 Å². The SMILES string of the molecule is C=CCN1C(=O)C(=O)N(CC(=O)NC[C@@H]2COc3ccccc3O2)C1=O. The van der Waals surface area contributed by atoms with Crippen molar-refractivity contribution in [1.29, 1.82) is 0 Å². The average Bonchev–Trinajstić information content (AvgIpc) is 2.84. The Hall–Kier alpha value is -3.36. The molecule has 1 fully saturated rings. The third-order valence-electron chi connectivity index (χ3n) is 3.84. The van der Waals surface area contributed by atoms with Crippen molar-refractivity contribution in [2.75, 3.05) is 26.2 Å². The number of carbonyl (C=O) groups excluding carboxylic acids is 4. The number of hydrogen-bond acceptors (Lipinski definition) is 6. The molecule has 5 amide bonds. The number of carbonyl (C=O) groups is 4. The third-order valence-corrected chi connectivity index (χ3v) is 3.84. The van der Waals surface area contributed by atoms with Crippen molar-refractivity contribution in [3.8, 4) is 11.5 Å². The number of nitrogens with zero attached hydrogens (tertiary/aromatic N) is 2. The number of nitrogens with one attached hydrogen (secondary N) is 1. The minimum atomic E-state index is -1.03. The van der Waals surface area contributed by atoms with E-state index in [-0.39, 0.29) is 19.7 Å².